The molecule has 1 atom stereocenters. The van der Waals surface area contributed by atoms with Gasteiger partial charge in [-0.15, -0.1) is 0 Å². The van der Waals surface area contributed by atoms with Crippen molar-refractivity contribution in [2.45, 2.75) is 38.5 Å². The number of likely N-dealkylation sites (tertiary alicyclic amines) is 1. The molecular weight excluding hydrogens is 307 g/mol. The molecule has 3 rings (SSSR count). The van der Waals surface area contributed by atoms with Crippen LogP contribution in [-0.2, 0) is 16.1 Å². The summed E-state index contributed by atoms with van der Waals surface area (Å²) in [6.45, 7) is 4.06. The monoisotopic (exact) mass is 334 g/mol. The van der Waals surface area contributed by atoms with Crippen molar-refractivity contribution in [1.82, 2.24) is 9.96 Å². The molecule has 4 nitrogen and oxygen atoms in total. The second kappa shape index (κ2) is 8.58. The number of hydrogen-bond acceptors (Lipinski definition) is 3. The number of nitrogens with zero attached hydrogens (tertiary/aromatic N) is 2. The smallest absolute Gasteiger partial charge is 0.223 e. The number of amides is 1. The van der Waals surface area contributed by atoms with E-state index in [2.05, 4.69) is 0 Å². The van der Waals surface area contributed by atoms with E-state index in [1.807, 2.05) is 22.1 Å². The van der Waals surface area contributed by atoms with Gasteiger partial charge in [0.15, 0.2) is 0 Å². The van der Waals surface area contributed by atoms with Crippen LogP contribution in [0.2, 0.25) is 0 Å². The minimum atomic E-state index is -0.119. The van der Waals surface area contributed by atoms with Crippen molar-refractivity contribution in [3.8, 4) is 0 Å². The molecule has 0 spiro atoms. The molecule has 0 unspecified atom stereocenters. The van der Waals surface area contributed by atoms with Crippen LogP contribution < -0.4 is 0 Å². The maximum absolute atomic E-state index is 13.7. The van der Waals surface area contributed by atoms with Gasteiger partial charge in [0.2, 0.25) is 5.91 Å². The number of hydroxylamine groups is 2. The van der Waals surface area contributed by atoms with E-state index in [1.165, 1.54) is 6.07 Å². The van der Waals surface area contributed by atoms with Gasteiger partial charge in [-0.25, -0.2) is 4.39 Å². The van der Waals surface area contributed by atoms with E-state index in [-0.39, 0.29) is 11.7 Å². The van der Waals surface area contributed by atoms with Gasteiger partial charge >= 0.3 is 0 Å². The second-order valence-electron chi connectivity index (χ2n) is 6.84. The Kier molecular flexibility index (Phi) is 6.21. The predicted octanol–water partition coefficient (Wildman–Crippen LogP) is 3.02. The average molecular weight is 334 g/mol. The van der Waals surface area contributed by atoms with Gasteiger partial charge in [-0.1, -0.05) is 18.2 Å². The van der Waals surface area contributed by atoms with Crippen molar-refractivity contribution in [2.75, 3.05) is 32.8 Å². The normalized spacial score (nSPS) is 22.0. The van der Waals surface area contributed by atoms with Crippen molar-refractivity contribution in [2.24, 2.45) is 5.92 Å². The summed E-state index contributed by atoms with van der Waals surface area (Å²) in [5, 5.41) is 1.90. The van der Waals surface area contributed by atoms with Crippen molar-refractivity contribution in [1.29, 1.82) is 0 Å². The summed E-state index contributed by atoms with van der Waals surface area (Å²) in [7, 11) is 0. The van der Waals surface area contributed by atoms with E-state index in [9.17, 15) is 9.18 Å². The fourth-order valence-electron chi connectivity index (χ4n) is 3.64. The number of hydrogen-bond donors (Lipinski definition) is 0. The molecule has 2 aliphatic rings. The molecule has 1 amide bonds. The van der Waals surface area contributed by atoms with Gasteiger partial charge < -0.3 is 4.90 Å². The van der Waals surface area contributed by atoms with E-state index in [1.54, 1.807) is 6.07 Å². The quantitative estimate of drug-likeness (QED) is 0.802. The lowest BCUT2D eigenvalue weighted by molar-refractivity contribution is -0.140. The Morgan fingerprint density at radius 2 is 2.12 bits per heavy atom. The summed E-state index contributed by atoms with van der Waals surface area (Å²) in [4.78, 5) is 19.8. The van der Waals surface area contributed by atoms with Crippen LogP contribution in [0.4, 0.5) is 4.39 Å². The molecule has 5 heteroatoms. The summed E-state index contributed by atoms with van der Waals surface area (Å²) in [6.07, 6.45) is 5.46. The lowest BCUT2D eigenvalue weighted by Gasteiger charge is -2.33. The Bertz CT molecular complexity index is 546. The van der Waals surface area contributed by atoms with Gasteiger partial charge in [0.05, 0.1) is 6.61 Å². The first-order chi connectivity index (χ1) is 11.7. The Hall–Kier alpha value is -1.46. The zero-order valence-electron chi connectivity index (χ0n) is 14.3. The maximum Gasteiger partial charge on any atom is 0.223 e. The van der Waals surface area contributed by atoms with Gasteiger partial charge in [0.1, 0.15) is 5.82 Å². The van der Waals surface area contributed by atoms with Crippen molar-refractivity contribution >= 4 is 5.91 Å². The van der Waals surface area contributed by atoms with Crippen LogP contribution in [0.15, 0.2) is 24.3 Å². The number of piperidine rings is 1. The van der Waals surface area contributed by atoms with Crippen LogP contribution in [-0.4, -0.2) is 48.7 Å². The molecule has 2 heterocycles. The molecule has 0 bridgehead atoms. The van der Waals surface area contributed by atoms with E-state index in [0.717, 1.165) is 63.9 Å². The minimum Gasteiger partial charge on any atom is -0.342 e. The predicted molar refractivity (Wildman–Crippen MR) is 90.8 cm³/mol. The highest BCUT2D eigenvalue weighted by atomic mass is 19.1. The van der Waals surface area contributed by atoms with Crippen LogP contribution in [0.1, 0.15) is 37.7 Å². The molecule has 0 N–H and O–H groups in total. The molecule has 2 saturated heterocycles. The summed E-state index contributed by atoms with van der Waals surface area (Å²) in [6, 6.07) is 6.99. The fraction of sp³-hybridized carbons (Fsp3) is 0.632. The number of rotatable bonds is 6. The molecule has 0 aliphatic carbocycles. The number of carbonyl (C=O) groups excluding carboxylic acids is 1. The molecule has 24 heavy (non-hydrogen) atoms. The molecular formula is C19H27FN2O2. The van der Waals surface area contributed by atoms with Crippen LogP contribution in [0.25, 0.3) is 0 Å². The first kappa shape index (κ1) is 17.4. The van der Waals surface area contributed by atoms with Crippen molar-refractivity contribution in [3.63, 3.8) is 0 Å². The van der Waals surface area contributed by atoms with Gasteiger partial charge in [-0.05, 0) is 49.7 Å². The van der Waals surface area contributed by atoms with Crippen LogP contribution >= 0.6 is 0 Å². The molecule has 1 aromatic rings. The zero-order chi connectivity index (χ0) is 16.8. The molecule has 0 saturated carbocycles. The SMILES string of the molecule is O=C(CCN1CCCO1)N1CCC[C@H](CCc2ccccc2F)C1. The summed E-state index contributed by atoms with van der Waals surface area (Å²) >= 11 is 0. The lowest BCUT2D eigenvalue weighted by Crippen LogP contribution is -2.41. The standard InChI is InChI=1S/C19H27FN2O2/c20-18-7-2-1-6-17(18)9-8-16-5-3-11-21(15-16)19(23)10-13-22-12-4-14-24-22/h1-2,6-7,16H,3-5,8-15H2/t16-/m1/s1. The van der Waals surface area contributed by atoms with Crippen molar-refractivity contribution in [3.05, 3.63) is 35.6 Å². The Morgan fingerprint density at radius 1 is 1.25 bits per heavy atom. The Labute approximate surface area is 143 Å². The number of carbonyl (C=O) groups is 1. The van der Waals surface area contributed by atoms with E-state index >= 15 is 0 Å². The number of aryl methyl sites for hydroxylation is 1. The minimum absolute atomic E-state index is 0.119. The summed E-state index contributed by atoms with van der Waals surface area (Å²) < 4.78 is 13.7. The topological polar surface area (TPSA) is 32.8 Å². The Balaban J connectivity index is 1.43. The highest BCUT2D eigenvalue weighted by Crippen LogP contribution is 2.23. The lowest BCUT2D eigenvalue weighted by atomic mass is 9.91. The maximum atomic E-state index is 13.7. The third-order valence-corrected chi connectivity index (χ3v) is 5.05. The van der Waals surface area contributed by atoms with E-state index < -0.39 is 0 Å². The average Bonchev–Trinajstić information content (AvgIpc) is 3.13. The highest BCUT2D eigenvalue weighted by Gasteiger charge is 2.24. The molecule has 2 fully saturated rings. The van der Waals surface area contributed by atoms with Gasteiger partial charge in [-0.2, -0.15) is 5.06 Å². The third kappa shape index (κ3) is 4.77. The largest absolute Gasteiger partial charge is 0.342 e. The third-order valence-electron chi connectivity index (χ3n) is 5.05. The molecule has 0 radical (unpaired) electrons. The van der Waals surface area contributed by atoms with Gasteiger partial charge in [-0.3, -0.25) is 9.63 Å². The highest BCUT2D eigenvalue weighted by molar-refractivity contribution is 5.76. The molecule has 132 valence electrons. The van der Waals surface area contributed by atoms with E-state index in [0.29, 0.717) is 18.9 Å². The Morgan fingerprint density at radius 3 is 2.92 bits per heavy atom. The fourth-order valence-corrected chi connectivity index (χ4v) is 3.64. The summed E-state index contributed by atoms with van der Waals surface area (Å²) in [5.74, 6) is 0.582. The molecule has 0 aromatic heterocycles. The van der Waals surface area contributed by atoms with Crippen LogP contribution in [0, 0.1) is 11.7 Å². The number of halogens is 1. The van der Waals surface area contributed by atoms with Crippen LogP contribution in [0.3, 0.4) is 0 Å². The number of benzene rings is 1. The van der Waals surface area contributed by atoms with Crippen molar-refractivity contribution < 1.29 is 14.0 Å². The van der Waals surface area contributed by atoms with Gasteiger partial charge in [0, 0.05) is 32.6 Å². The molecule has 2 aliphatic heterocycles. The van der Waals surface area contributed by atoms with E-state index in [4.69, 9.17) is 4.84 Å². The first-order valence-electron chi connectivity index (χ1n) is 9.11. The second-order valence-corrected chi connectivity index (χ2v) is 6.84. The summed E-state index contributed by atoms with van der Waals surface area (Å²) in [5.41, 5.74) is 0.784. The van der Waals surface area contributed by atoms with Crippen LogP contribution in [0.5, 0.6) is 0 Å². The molecule has 1 aromatic carbocycles. The van der Waals surface area contributed by atoms with Gasteiger partial charge in [0.25, 0.3) is 0 Å². The zero-order valence-corrected chi connectivity index (χ0v) is 14.3. The first-order valence-corrected chi connectivity index (χ1v) is 9.11.